The standard InChI is InChI=1S/C17H24Cl2N2O2/c1-5-8-21(4)17(23)15(9-11(2)3)20-16(22)13-7-6-12(18)10-14(13)19/h6-7,10-11,15H,5,8-9H2,1-4H3,(H,20,22). The van der Waals surface area contributed by atoms with Crippen LogP contribution in [-0.2, 0) is 4.79 Å². The van der Waals surface area contributed by atoms with Crippen LogP contribution in [0.15, 0.2) is 18.2 Å². The van der Waals surface area contributed by atoms with Crippen LogP contribution in [-0.4, -0.2) is 36.3 Å². The molecular formula is C17H24Cl2N2O2. The summed E-state index contributed by atoms with van der Waals surface area (Å²) in [5, 5.41) is 3.54. The van der Waals surface area contributed by atoms with Gasteiger partial charge in [0.15, 0.2) is 0 Å². The molecule has 0 aliphatic heterocycles. The van der Waals surface area contributed by atoms with Crippen molar-refractivity contribution >= 4 is 35.0 Å². The van der Waals surface area contributed by atoms with Gasteiger partial charge in [0.1, 0.15) is 6.04 Å². The molecule has 1 aromatic carbocycles. The molecule has 0 bridgehead atoms. The summed E-state index contributed by atoms with van der Waals surface area (Å²) in [6.07, 6.45) is 1.44. The normalized spacial score (nSPS) is 12.1. The summed E-state index contributed by atoms with van der Waals surface area (Å²) in [5.74, 6) is -0.172. The molecule has 1 atom stereocenters. The minimum Gasteiger partial charge on any atom is -0.344 e. The smallest absolute Gasteiger partial charge is 0.253 e. The minimum absolute atomic E-state index is 0.0843. The second-order valence-electron chi connectivity index (χ2n) is 6.04. The molecule has 6 heteroatoms. The first kappa shape index (κ1) is 19.8. The number of nitrogens with one attached hydrogen (secondary N) is 1. The van der Waals surface area contributed by atoms with Crippen LogP contribution in [0.2, 0.25) is 10.0 Å². The van der Waals surface area contributed by atoms with Gasteiger partial charge in [0.05, 0.1) is 10.6 Å². The molecule has 0 spiro atoms. The molecule has 0 saturated heterocycles. The summed E-state index contributed by atoms with van der Waals surface area (Å²) < 4.78 is 0. The number of hydrogen-bond acceptors (Lipinski definition) is 2. The number of rotatable bonds is 7. The van der Waals surface area contributed by atoms with Crippen LogP contribution in [0, 0.1) is 5.92 Å². The Labute approximate surface area is 148 Å². The predicted molar refractivity (Wildman–Crippen MR) is 95.1 cm³/mol. The average Bonchev–Trinajstić information content (AvgIpc) is 2.45. The maximum atomic E-state index is 12.5. The van der Waals surface area contributed by atoms with Gasteiger partial charge in [-0.1, -0.05) is 44.0 Å². The Kier molecular flexibility index (Phi) is 7.86. The third kappa shape index (κ3) is 6.04. The van der Waals surface area contributed by atoms with E-state index in [4.69, 9.17) is 23.2 Å². The number of benzene rings is 1. The Morgan fingerprint density at radius 1 is 1.26 bits per heavy atom. The summed E-state index contributed by atoms with van der Waals surface area (Å²) in [5.41, 5.74) is 0.316. The highest BCUT2D eigenvalue weighted by Crippen LogP contribution is 2.21. The van der Waals surface area contributed by atoms with E-state index in [9.17, 15) is 9.59 Å². The van der Waals surface area contributed by atoms with E-state index in [1.165, 1.54) is 6.07 Å². The maximum Gasteiger partial charge on any atom is 0.253 e. The lowest BCUT2D eigenvalue weighted by atomic mass is 10.0. The largest absolute Gasteiger partial charge is 0.344 e. The fourth-order valence-corrected chi connectivity index (χ4v) is 2.81. The van der Waals surface area contributed by atoms with Gasteiger partial charge >= 0.3 is 0 Å². The van der Waals surface area contributed by atoms with Crippen molar-refractivity contribution in [2.75, 3.05) is 13.6 Å². The van der Waals surface area contributed by atoms with Gasteiger partial charge in [-0.3, -0.25) is 9.59 Å². The van der Waals surface area contributed by atoms with Gasteiger partial charge < -0.3 is 10.2 Å². The number of carbonyl (C=O) groups is 2. The molecule has 0 saturated carbocycles. The summed E-state index contributed by atoms with van der Waals surface area (Å²) in [4.78, 5) is 26.6. The first-order chi connectivity index (χ1) is 10.8. The molecule has 1 N–H and O–H groups in total. The Bertz CT molecular complexity index is 562. The highest BCUT2D eigenvalue weighted by atomic mass is 35.5. The van der Waals surface area contributed by atoms with Gasteiger partial charge in [0.25, 0.3) is 5.91 Å². The molecule has 0 heterocycles. The molecule has 0 aromatic heterocycles. The Hall–Kier alpha value is -1.26. The number of amides is 2. The second-order valence-corrected chi connectivity index (χ2v) is 6.88. The molecule has 1 rings (SSSR count). The van der Waals surface area contributed by atoms with E-state index >= 15 is 0 Å². The fraction of sp³-hybridized carbons (Fsp3) is 0.529. The van der Waals surface area contributed by atoms with Crippen LogP contribution in [0.3, 0.4) is 0 Å². The van der Waals surface area contributed by atoms with Crippen LogP contribution in [0.1, 0.15) is 44.0 Å². The summed E-state index contributed by atoms with van der Waals surface area (Å²) in [6.45, 7) is 6.70. The monoisotopic (exact) mass is 358 g/mol. The Balaban J connectivity index is 2.91. The third-order valence-corrected chi connectivity index (χ3v) is 3.97. The average molecular weight is 359 g/mol. The number of likely N-dealkylation sites (N-methyl/N-ethyl adjacent to an activating group) is 1. The molecular weight excluding hydrogens is 335 g/mol. The van der Waals surface area contributed by atoms with E-state index in [1.54, 1.807) is 24.1 Å². The zero-order valence-corrected chi connectivity index (χ0v) is 15.5. The van der Waals surface area contributed by atoms with E-state index in [2.05, 4.69) is 5.32 Å². The molecule has 0 fully saturated rings. The van der Waals surface area contributed by atoms with Crippen molar-refractivity contribution in [2.45, 2.75) is 39.7 Å². The molecule has 128 valence electrons. The third-order valence-electron chi connectivity index (χ3n) is 3.42. The zero-order chi connectivity index (χ0) is 17.6. The number of carbonyl (C=O) groups excluding carboxylic acids is 2. The first-order valence-corrected chi connectivity index (χ1v) is 8.52. The quantitative estimate of drug-likeness (QED) is 0.800. The molecule has 1 aromatic rings. The Morgan fingerprint density at radius 3 is 2.43 bits per heavy atom. The molecule has 1 unspecified atom stereocenters. The van der Waals surface area contributed by atoms with Gasteiger partial charge in [-0.05, 0) is 37.0 Å². The van der Waals surface area contributed by atoms with Crippen molar-refractivity contribution in [3.63, 3.8) is 0 Å². The lowest BCUT2D eigenvalue weighted by Gasteiger charge is -2.25. The van der Waals surface area contributed by atoms with Crippen molar-refractivity contribution in [3.8, 4) is 0 Å². The van der Waals surface area contributed by atoms with Gasteiger partial charge in [0, 0.05) is 18.6 Å². The van der Waals surface area contributed by atoms with Crippen molar-refractivity contribution in [2.24, 2.45) is 5.92 Å². The van der Waals surface area contributed by atoms with E-state index < -0.39 is 6.04 Å². The minimum atomic E-state index is -0.564. The lowest BCUT2D eigenvalue weighted by Crippen LogP contribution is -2.48. The van der Waals surface area contributed by atoms with Gasteiger partial charge in [-0.15, -0.1) is 0 Å². The van der Waals surface area contributed by atoms with Crippen LogP contribution >= 0.6 is 23.2 Å². The van der Waals surface area contributed by atoms with Crippen molar-refractivity contribution < 1.29 is 9.59 Å². The van der Waals surface area contributed by atoms with E-state index in [0.29, 0.717) is 23.6 Å². The second kappa shape index (κ2) is 9.14. The predicted octanol–water partition coefficient (Wildman–Crippen LogP) is 4.01. The molecule has 4 nitrogen and oxygen atoms in total. The summed E-state index contributed by atoms with van der Waals surface area (Å²) in [7, 11) is 1.75. The highest BCUT2D eigenvalue weighted by molar-refractivity contribution is 6.36. The van der Waals surface area contributed by atoms with Crippen molar-refractivity contribution in [1.29, 1.82) is 0 Å². The summed E-state index contributed by atoms with van der Waals surface area (Å²) in [6, 6.07) is 4.11. The number of hydrogen-bond donors (Lipinski definition) is 1. The molecule has 2 amide bonds. The van der Waals surface area contributed by atoms with Crippen molar-refractivity contribution in [3.05, 3.63) is 33.8 Å². The van der Waals surface area contributed by atoms with Crippen LogP contribution < -0.4 is 5.32 Å². The van der Waals surface area contributed by atoms with Gasteiger partial charge in [0.2, 0.25) is 5.91 Å². The maximum absolute atomic E-state index is 12.5. The fourth-order valence-electron chi connectivity index (χ4n) is 2.31. The summed E-state index contributed by atoms with van der Waals surface area (Å²) >= 11 is 11.9. The molecule has 0 aliphatic rings. The molecule has 23 heavy (non-hydrogen) atoms. The first-order valence-electron chi connectivity index (χ1n) is 7.77. The van der Waals surface area contributed by atoms with E-state index in [0.717, 1.165) is 6.42 Å². The number of halogens is 2. The van der Waals surface area contributed by atoms with E-state index in [1.807, 2.05) is 20.8 Å². The van der Waals surface area contributed by atoms with Gasteiger partial charge in [-0.2, -0.15) is 0 Å². The topological polar surface area (TPSA) is 49.4 Å². The molecule has 0 aliphatic carbocycles. The van der Waals surface area contributed by atoms with E-state index in [-0.39, 0.29) is 22.8 Å². The van der Waals surface area contributed by atoms with Crippen LogP contribution in [0.4, 0.5) is 0 Å². The zero-order valence-electron chi connectivity index (χ0n) is 14.0. The highest BCUT2D eigenvalue weighted by Gasteiger charge is 2.25. The molecule has 0 radical (unpaired) electrons. The van der Waals surface area contributed by atoms with Crippen molar-refractivity contribution in [1.82, 2.24) is 10.2 Å². The lowest BCUT2D eigenvalue weighted by molar-refractivity contribution is -0.132. The Morgan fingerprint density at radius 2 is 1.91 bits per heavy atom. The van der Waals surface area contributed by atoms with Crippen LogP contribution in [0.25, 0.3) is 0 Å². The number of nitrogens with zero attached hydrogens (tertiary/aromatic N) is 1. The van der Waals surface area contributed by atoms with Crippen LogP contribution in [0.5, 0.6) is 0 Å². The SMILES string of the molecule is CCCN(C)C(=O)C(CC(C)C)NC(=O)c1ccc(Cl)cc1Cl. The van der Waals surface area contributed by atoms with Gasteiger partial charge in [-0.25, -0.2) is 0 Å².